The van der Waals surface area contributed by atoms with Crippen LogP contribution in [0.15, 0.2) is 24.3 Å². The largest absolute Gasteiger partial charge is 0.461 e. The van der Waals surface area contributed by atoms with Crippen molar-refractivity contribution < 1.29 is 38.1 Å². The van der Waals surface area contributed by atoms with E-state index < -0.39 is 23.9 Å². The first kappa shape index (κ1) is 22.9. The molecule has 0 radical (unpaired) electrons. The lowest BCUT2D eigenvalue weighted by Crippen LogP contribution is -2.08. The Balaban J connectivity index is 2.69. The average Bonchev–Trinajstić information content (AvgIpc) is 2.67. The Bertz CT molecular complexity index is 824. The molecule has 160 valence electrons. The topological polar surface area (TPSA) is 105 Å². The summed E-state index contributed by atoms with van der Waals surface area (Å²) >= 11 is 0. The fraction of sp³-hybridized carbons (Fsp3) is 0.364. The van der Waals surface area contributed by atoms with Crippen LogP contribution in [-0.2, 0) is 64.6 Å². The smallest absolute Gasteiger partial charge is 0.302 e. The predicted octanol–water partition coefficient (Wildman–Crippen LogP) is 3.09. The number of hydrogen-bond donors (Lipinski definition) is 0. The van der Waals surface area contributed by atoms with Crippen LogP contribution in [0.3, 0.4) is 0 Å². The van der Waals surface area contributed by atoms with E-state index in [4.69, 9.17) is 18.9 Å². The summed E-state index contributed by atoms with van der Waals surface area (Å²) in [5, 5.41) is 1.37. The third kappa shape index (κ3) is 6.30. The molecule has 0 heterocycles. The van der Waals surface area contributed by atoms with Crippen LogP contribution in [0.1, 0.15) is 49.9 Å². The number of rotatable bonds is 8. The van der Waals surface area contributed by atoms with Crippen molar-refractivity contribution in [2.75, 3.05) is 0 Å². The van der Waals surface area contributed by atoms with Crippen molar-refractivity contribution in [3.63, 3.8) is 0 Å². The van der Waals surface area contributed by atoms with Crippen molar-refractivity contribution in [2.24, 2.45) is 0 Å². The molecule has 30 heavy (non-hydrogen) atoms. The second kappa shape index (κ2) is 10.4. The van der Waals surface area contributed by atoms with Gasteiger partial charge in [-0.25, -0.2) is 0 Å². The molecule has 0 fully saturated rings. The second-order valence-corrected chi connectivity index (χ2v) is 6.64. The van der Waals surface area contributed by atoms with Gasteiger partial charge in [-0.3, -0.25) is 19.2 Å². The Hall–Kier alpha value is -3.42. The Labute approximate surface area is 174 Å². The SMILES string of the molecule is CC(=O)OCc1ccc(COC(C)=O)c2c(COC(C)=O)ccc(COC(C)=O)c12. The molecular weight excluding hydrogens is 392 g/mol. The maximum Gasteiger partial charge on any atom is 0.302 e. The van der Waals surface area contributed by atoms with E-state index in [1.807, 2.05) is 0 Å². The minimum Gasteiger partial charge on any atom is -0.461 e. The molecule has 0 aliphatic heterocycles. The number of benzene rings is 2. The minimum absolute atomic E-state index is 0.00374. The lowest BCUT2D eigenvalue weighted by molar-refractivity contribution is -0.143. The van der Waals surface area contributed by atoms with Crippen LogP contribution in [0.2, 0.25) is 0 Å². The van der Waals surface area contributed by atoms with Gasteiger partial charge >= 0.3 is 23.9 Å². The zero-order valence-corrected chi connectivity index (χ0v) is 17.4. The van der Waals surface area contributed by atoms with Gasteiger partial charge in [-0.15, -0.1) is 0 Å². The molecule has 0 bridgehead atoms. The van der Waals surface area contributed by atoms with Crippen molar-refractivity contribution in [2.45, 2.75) is 54.1 Å². The molecule has 0 unspecified atom stereocenters. The standard InChI is InChI=1S/C22H24O8/c1-13(23)27-9-17-5-6-19(11-29-15(3)25)22-20(12-30-16(4)26)8-7-18(21(17)22)10-28-14(2)24/h5-8H,9-12H2,1-4H3. The summed E-state index contributed by atoms with van der Waals surface area (Å²) < 4.78 is 20.7. The lowest BCUT2D eigenvalue weighted by atomic mass is 9.92. The Morgan fingerprint density at radius 3 is 0.867 bits per heavy atom. The first-order valence-electron chi connectivity index (χ1n) is 9.27. The minimum atomic E-state index is -0.440. The maximum absolute atomic E-state index is 11.3. The van der Waals surface area contributed by atoms with Crippen LogP contribution in [0, 0.1) is 0 Å². The molecule has 0 aliphatic rings. The molecule has 0 atom stereocenters. The van der Waals surface area contributed by atoms with Gasteiger partial charge in [0.2, 0.25) is 0 Å². The summed E-state index contributed by atoms with van der Waals surface area (Å²) in [4.78, 5) is 45.3. The van der Waals surface area contributed by atoms with Gasteiger partial charge in [0.05, 0.1) is 0 Å². The highest BCUT2D eigenvalue weighted by atomic mass is 16.5. The number of ether oxygens (including phenoxy) is 4. The van der Waals surface area contributed by atoms with Crippen LogP contribution in [0.25, 0.3) is 10.8 Å². The van der Waals surface area contributed by atoms with Crippen molar-refractivity contribution in [3.8, 4) is 0 Å². The van der Waals surface area contributed by atoms with Crippen molar-refractivity contribution in [1.29, 1.82) is 0 Å². The van der Waals surface area contributed by atoms with E-state index in [1.165, 1.54) is 27.7 Å². The number of fused-ring (bicyclic) bond motifs is 1. The third-order valence-electron chi connectivity index (χ3n) is 4.23. The highest BCUT2D eigenvalue weighted by Gasteiger charge is 2.17. The van der Waals surface area contributed by atoms with Gasteiger partial charge < -0.3 is 18.9 Å². The highest BCUT2D eigenvalue weighted by molar-refractivity contribution is 5.94. The molecule has 0 spiro atoms. The fourth-order valence-electron chi connectivity index (χ4n) is 2.99. The summed E-state index contributed by atoms with van der Waals surface area (Å²) in [7, 11) is 0. The summed E-state index contributed by atoms with van der Waals surface area (Å²) in [6.07, 6.45) is 0. The van der Waals surface area contributed by atoms with E-state index >= 15 is 0 Å². The molecule has 0 N–H and O–H groups in total. The Morgan fingerprint density at radius 2 is 0.700 bits per heavy atom. The van der Waals surface area contributed by atoms with Gasteiger partial charge in [0.15, 0.2) is 0 Å². The van der Waals surface area contributed by atoms with Gasteiger partial charge in [0, 0.05) is 27.7 Å². The zero-order valence-electron chi connectivity index (χ0n) is 17.4. The number of carbonyl (C=O) groups excluding carboxylic acids is 4. The molecule has 8 heteroatoms. The van der Waals surface area contributed by atoms with Gasteiger partial charge in [0.1, 0.15) is 26.4 Å². The highest BCUT2D eigenvalue weighted by Crippen LogP contribution is 2.32. The Kier molecular flexibility index (Phi) is 7.91. The number of hydrogen-bond acceptors (Lipinski definition) is 8. The summed E-state index contributed by atoms with van der Waals surface area (Å²) in [6, 6.07) is 7.04. The molecule has 2 aromatic carbocycles. The molecule has 0 saturated heterocycles. The van der Waals surface area contributed by atoms with Crippen LogP contribution in [0.4, 0.5) is 0 Å². The summed E-state index contributed by atoms with van der Waals surface area (Å²) in [5.74, 6) is -1.76. The molecule has 8 nitrogen and oxygen atoms in total. The molecule has 2 aromatic rings. The summed E-state index contributed by atoms with van der Waals surface area (Å²) in [5.41, 5.74) is 2.72. The zero-order chi connectivity index (χ0) is 22.3. The number of esters is 4. The summed E-state index contributed by atoms with van der Waals surface area (Å²) in [6.45, 7) is 5.25. The number of carbonyl (C=O) groups is 4. The Morgan fingerprint density at radius 1 is 0.500 bits per heavy atom. The van der Waals surface area contributed by atoms with Gasteiger partial charge in [-0.1, -0.05) is 24.3 Å². The van der Waals surface area contributed by atoms with E-state index in [9.17, 15) is 19.2 Å². The van der Waals surface area contributed by atoms with Crippen LogP contribution >= 0.6 is 0 Å². The molecule has 0 saturated carbocycles. The van der Waals surface area contributed by atoms with Gasteiger partial charge in [-0.2, -0.15) is 0 Å². The van der Waals surface area contributed by atoms with Crippen LogP contribution in [-0.4, -0.2) is 23.9 Å². The van der Waals surface area contributed by atoms with E-state index in [0.29, 0.717) is 33.0 Å². The van der Waals surface area contributed by atoms with Crippen molar-refractivity contribution in [1.82, 2.24) is 0 Å². The van der Waals surface area contributed by atoms with Crippen molar-refractivity contribution >= 4 is 34.6 Å². The second-order valence-electron chi connectivity index (χ2n) is 6.64. The first-order chi connectivity index (χ1) is 14.2. The maximum atomic E-state index is 11.3. The fourth-order valence-corrected chi connectivity index (χ4v) is 2.99. The molecular formula is C22H24O8. The first-order valence-corrected chi connectivity index (χ1v) is 9.27. The lowest BCUT2D eigenvalue weighted by Gasteiger charge is -2.18. The van der Waals surface area contributed by atoms with E-state index in [-0.39, 0.29) is 26.4 Å². The van der Waals surface area contributed by atoms with Gasteiger partial charge in [-0.05, 0) is 33.0 Å². The average molecular weight is 416 g/mol. The normalized spacial score (nSPS) is 10.4. The predicted molar refractivity (Wildman–Crippen MR) is 106 cm³/mol. The van der Waals surface area contributed by atoms with E-state index in [1.54, 1.807) is 24.3 Å². The van der Waals surface area contributed by atoms with Crippen LogP contribution in [0.5, 0.6) is 0 Å². The monoisotopic (exact) mass is 416 g/mol. The van der Waals surface area contributed by atoms with Crippen LogP contribution < -0.4 is 0 Å². The molecule has 0 aliphatic carbocycles. The quantitative estimate of drug-likeness (QED) is 0.477. The third-order valence-corrected chi connectivity index (χ3v) is 4.23. The molecule has 0 amide bonds. The van der Waals surface area contributed by atoms with Gasteiger partial charge in [0.25, 0.3) is 0 Å². The molecule has 0 aromatic heterocycles. The van der Waals surface area contributed by atoms with Crippen molar-refractivity contribution in [3.05, 3.63) is 46.5 Å². The van der Waals surface area contributed by atoms with E-state index in [0.717, 1.165) is 0 Å². The molecule has 2 rings (SSSR count). The van der Waals surface area contributed by atoms with E-state index in [2.05, 4.69) is 0 Å².